The highest BCUT2D eigenvalue weighted by atomic mass is 32.2. The highest BCUT2D eigenvalue weighted by molar-refractivity contribution is 8.00. The summed E-state index contributed by atoms with van der Waals surface area (Å²) in [5, 5.41) is 4.97. The molecular weight excluding hydrogens is 617 g/mol. The van der Waals surface area contributed by atoms with Crippen LogP contribution in [0.2, 0.25) is 0 Å². The second kappa shape index (κ2) is 11.3. The number of methoxy groups -OCH3 is 1. The van der Waals surface area contributed by atoms with Crippen LogP contribution in [0, 0.1) is 5.92 Å². The van der Waals surface area contributed by atoms with Crippen molar-refractivity contribution in [3.8, 4) is 28.4 Å². The minimum atomic E-state index is -0.759. The largest absolute Gasteiger partial charge is 0.497 e. The quantitative estimate of drug-likeness (QED) is 0.192. The van der Waals surface area contributed by atoms with Crippen LogP contribution in [-0.2, 0) is 9.59 Å². The Balaban J connectivity index is 1.36. The summed E-state index contributed by atoms with van der Waals surface area (Å²) in [5.74, 6) is -1.35. The van der Waals surface area contributed by atoms with Crippen LogP contribution < -0.4 is 14.5 Å². The number of thiazole rings is 1. The van der Waals surface area contributed by atoms with E-state index in [1.165, 1.54) is 16.7 Å². The number of rotatable bonds is 6. The van der Waals surface area contributed by atoms with Crippen LogP contribution in [0.1, 0.15) is 16.4 Å². The number of carbonyl (C=O) groups is 2. The van der Waals surface area contributed by atoms with Crippen LogP contribution in [0.5, 0.6) is 5.75 Å². The average molecular weight is 643 g/mol. The lowest BCUT2D eigenvalue weighted by molar-refractivity contribution is -0.122. The molecule has 1 fully saturated rings. The van der Waals surface area contributed by atoms with E-state index in [-0.39, 0.29) is 16.7 Å². The first-order valence-corrected chi connectivity index (χ1v) is 16.4. The highest BCUT2D eigenvalue weighted by Gasteiger charge is 2.57. The first-order chi connectivity index (χ1) is 22.5. The van der Waals surface area contributed by atoms with Gasteiger partial charge in [-0.15, -0.1) is 0 Å². The Bertz CT molecular complexity index is 2140. The van der Waals surface area contributed by atoms with Crippen molar-refractivity contribution in [2.24, 2.45) is 5.92 Å². The monoisotopic (exact) mass is 642 g/mol. The van der Waals surface area contributed by atoms with Crippen LogP contribution in [0.15, 0.2) is 131 Å². The molecule has 3 atom stereocenters. The number of amides is 2. The second-order valence-electron chi connectivity index (χ2n) is 11.0. The number of ether oxygens (including phenoxy) is 1. The molecule has 1 saturated heterocycles. The third kappa shape index (κ3) is 4.52. The minimum absolute atomic E-state index is 0.169. The lowest BCUT2D eigenvalue weighted by atomic mass is 9.82. The van der Waals surface area contributed by atoms with Crippen LogP contribution in [-0.4, -0.2) is 38.5 Å². The summed E-state index contributed by atoms with van der Waals surface area (Å²) in [6, 6.07) is 35.9. The summed E-state index contributed by atoms with van der Waals surface area (Å²) in [6.07, 6.45) is 1.95. The van der Waals surface area contributed by atoms with Gasteiger partial charge in [0.1, 0.15) is 11.0 Å². The zero-order valence-corrected chi connectivity index (χ0v) is 26.2. The predicted octanol–water partition coefficient (Wildman–Crippen LogP) is 6.56. The summed E-state index contributed by atoms with van der Waals surface area (Å²) < 4.78 is 8.80. The zero-order chi connectivity index (χ0) is 31.4. The van der Waals surface area contributed by atoms with Crippen LogP contribution in [0.25, 0.3) is 22.6 Å². The minimum Gasteiger partial charge on any atom is -0.497 e. The first-order valence-electron chi connectivity index (χ1n) is 14.7. The Morgan fingerprint density at radius 3 is 2.00 bits per heavy atom. The number of aromatic nitrogens is 3. The van der Waals surface area contributed by atoms with Crippen molar-refractivity contribution in [3.05, 3.63) is 142 Å². The van der Waals surface area contributed by atoms with Crippen molar-refractivity contribution in [1.29, 1.82) is 0 Å². The smallest absolute Gasteiger partial charge is 0.312 e. The van der Waals surface area contributed by atoms with Crippen molar-refractivity contribution >= 4 is 40.6 Å². The van der Waals surface area contributed by atoms with Gasteiger partial charge in [-0.3, -0.25) is 19.0 Å². The molecule has 0 radical (unpaired) electrons. The van der Waals surface area contributed by atoms with Gasteiger partial charge in [-0.25, -0.2) is 9.58 Å². The molecule has 2 amide bonds. The lowest BCUT2D eigenvalue weighted by Gasteiger charge is -2.30. The molecule has 0 spiro atoms. The molecule has 2 aliphatic heterocycles. The van der Waals surface area contributed by atoms with Gasteiger partial charge in [0.25, 0.3) is 0 Å². The number of para-hydroxylation sites is 2. The highest BCUT2D eigenvalue weighted by Crippen LogP contribution is 2.55. The Labute approximate surface area is 272 Å². The molecule has 0 bridgehead atoms. The maximum absolute atomic E-state index is 14.5. The number of imide groups is 1. The number of fused-ring (bicyclic) bond motifs is 2. The molecule has 0 aliphatic carbocycles. The van der Waals surface area contributed by atoms with E-state index in [2.05, 4.69) is 0 Å². The molecule has 2 aromatic heterocycles. The number of hydrogen-bond donors (Lipinski definition) is 0. The molecule has 0 unspecified atom stereocenters. The average Bonchev–Trinajstić information content (AvgIpc) is 3.76. The number of carbonyl (C=O) groups excluding carboxylic acids is 2. The second-order valence-corrected chi connectivity index (χ2v) is 13.2. The Hall–Kier alpha value is -5.19. The number of thioether (sulfide) groups is 1. The van der Waals surface area contributed by atoms with Gasteiger partial charge in [-0.1, -0.05) is 89.8 Å². The lowest BCUT2D eigenvalue weighted by Crippen LogP contribution is -2.32. The molecule has 226 valence electrons. The molecule has 10 heteroatoms. The number of hydrogen-bond acceptors (Lipinski definition) is 7. The molecular formula is C36H26N4O4S2. The molecule has 4 aromatic carbocycles. The summed E-state index contributed by atoms with van der Waals surface area (Å²) in [4.78, 5) is 44.4. The fourth-order valence-electron chi connectivity index (χ4n) is 6.34. The number of anilines is 1. The van der Waals surface area contributed by atoms with E-state index in [1.807, 2.05) is 102 Å². The van der Waals surface area contributed by atoms with Crippen molar-refractivity contribution in [3.63, 3.8) is 0 Å². The van der Waals surface area contributed by atoms with E-state index < -0.39 is 17.1 Å². The molecule has 0 saturated carbocycles. The third-order valence-electron chi connectivity index (χ3n) is 8.46. The van der Waals surface area contributed by atoms with E-state index in [0.717, 1.165) is 33.0 Å². The summed E-state index contributed by atoms with van der Waals surface area (Å²) >= 11 is 2.43. The van der Waals surface area contributed by atoms with Gasteiger partial charge < -0.3 is 4.74 Å². The van der Waals surface area contributed by atoms with Crippen molar-refractivity contribution in [2.45, 2.75) is 16.2 Å². The normalized spacial score (nSPS) is 18.8. The molecule has 4 heterocycles. The van der Waals surface area contributed by atoms with Crippen molar-refractivity contribution < 1.29 is 14.3 Å². The standard InChI is InChI=1S/C36H26N4O4S2/c1-44-26-19-17-25(18-20-26)39-33(41)29-28(27-21-38(23-13-7-3-8-14-23)37-30(27)22-11-5-2-6-12-22)32-35(45-31(29)34(39)42)40(36(43)46-32)24-15-9-4-10-16-24/h2-21,28-29,31H,1H3/t28-,29+,31-/m1/s1. The Morgan fingerprint density at radius 2 is 1.35 bits per heavy atom. The van der Waals surface area contributed by atoms with Gasteiger partial charge in [0.2, 0.25) is 11.8 Å². The van der Waals surface area contributed by atoms with Crippen molar-refractivity contribution in [1.82, 2.24) is 14.3 Å². The van der Waals surface area contributed by atoms with Gasteiger partial charge in [0, 0.05) is 28.1 Å². The number of benzene rings is 4. The van der Waals surface area contributed by atoms with E-state index in [4.69, 9.17) is 9.84 Å². The molecule has 8 rings (SSSR count). The van der Waals surface area contributed by atoms with E-state index in [9.17, 15) is 14.4 Å². The fraction of sp³-hybridized carbons (Fsp3) is 0.111. The van der Waals surface area contributed by atoms with Gasteiger partial charge in [-0.2, -0.15) is 5.10 Å². The predicted molar refractivity (Wildman–Crippen MR) is 179 cm³/mol. The first kappa shape index (κ1) is 28.3. The fourth-order valence-corrected chi connectivity index (χ4v) is 9.13. The van der Waals surface area contributed by atoms with Crippen LogP contribution in [0.3, 0.4) is 0 Å². The summed E-state index contributed by atoms with van der Waals surface area (Å²) in [5.41, 5.74) is 4.41. The van der Waals surface area contributed by atoms with E-state index >= 15 is 0 Å². The molecule has 2 aliphatic rings. The molecule has 46 heavy (non-hydrogen) atoms. The zero-order valence-electron chi connectivity index (χ0n) is 24.5. The summed E-state index contributed by atoms with van der Waals surface area (Å²) in [7, 11) is 1.57. The van der Waals surface area contributed by atoms with Gasteiger partial charge in [0.05, 0.1) is 40.8 Å². The van der Waals surface area contributed by atoms with Crippen LogP contribution >= 0.6 is 23.1 Å². The van der Waals surface area contributed by atoms with Crippen LogP contribution in [0.4, 0.5) is 5.69 Å². The van der Waals surface area contributed by atoms with Gasteiger partial charge in [0.15, 0.2) is 0 Å². The van der Waals surface area contributed by atoms with Crippen molar-refractivity contribution in [2.75, 3.05) is 12.0 Å². The molecule has 8 nitrogen and oxygen atoms in total. The Kier molecular flexibility index (Phi) is 6.96. The van der Waals surface area contributed by atoms with E-state index in [0.29, 0.717) is 27.8 Å². The third-order valence-corrected chi connectivity index (χ3v) is 11.0. The summed E-state index contributed by atoms with van der Waals surface area (Å²) in [6.45, 7) is 0. The molecule has 6 aromatic rings. The van der Waals surface area contributed by atoms with Gasteiger partial charge in [-0.05, 0) is 48.5 Å². The SMILES string of the molecule is COc1ccc(N2C(=O)[C@H]3[C@@H](c4cn(-c5ccccc5)nc4-c4ccccc4)c4sc(=O)n(-c5ccccc5)c4S[C@H]3C2=O)cc1. The maximum atomic E-state index is 14.5. The topological polar surface area (TPSA) is 86.4 Å². The number of nitrogens with zero attached hydrogens (tertiary/aromatic N) is 4. The van der Waals surface area contributed by atoms with Gasteiger partial charge >= 0.3 is 4.87 Å². The molecule has 0 N–H and O–H groups in total. The van der Waals surface area contributed by atoms with E-state index in [1.54, 1.807) is 35.9 Å². The Morgan fingerprint density at radius 1 is 0.717 bits per heavy atom. The maximum Gasteiger partial charge on any atom is 0.312 e.